The lowest BCUT2D eigenvalue weighted by Gasteiger charge is -2.37. The summed E-state index contributed by atoms with van der Waals surface area (Å²) in [6, 6.07) is 6.05. The van der Waals surface area contributed by atoms with Gasteiger partial charge in [0.2, 0.25) is 0 Å². The Bertz CT molecular complexity index is 671. The van der Waals surface area contributed by atoms with E-state index in [2.05, 4.69) is 26.8 Å². The van der Waals surface area contributed by atoms with Crippen molar-refractivity contribution in [1.29, 1.82) is 0 Å². The zero-order valence-corrected chi connectivity index (χ0v) is 14.8. The Balaban J connectivity index is 0.00000192. The molecule has 23 heavy (non-hydrogen) atoms. The van der Waals surface area contributed by atoms with E-state index in [-0.39, 0.29) is 24.4 Å². The van der Waals surface area contributed by atoms with Crippen molar-refractivity contribution >= 4 is 29.3 Å². The molecule has 0 aliphatic carbocycles. The number of rotatable bonds is 2. The summed E-state index contributed by atoms with van der Waals surface area (Å²) >= 11 is 0. The van der Waals surface area contributed by atoms with E-state index in [1.807, 2.05) is 17.0 Å². The number of nitrogens with two attached hydrogens (primary N) is 1. The van der Waals surface area contributed by atoms with Crippen molar-refractivity contribution in [2.24, 2.45) is 11.7 Å². The van der Waals surface area contributed by atoms with Gasteiger partial charge in [0.25, 0.3) is 5.91 Å². The number of carbonyl (C=O) groups is 1. The molecule has 1 aliphatic heterocycles. The second kappa shape index (κ2) is 6.93. The van der Waals surface area contributed by atoms with Crippen LogP contribution in [0.15, 0.2) is 22.6 Å². The highest BCUT2D eigenvalue weighted by Gasteiger charge is 2.31. The van der Waals surface area contributed by atoms with Gasteiger partial charge in [-0.25, -0.2) is 0 Å². The molecule has 1 aromatic carbocycles. The summed E-state index contributed by atoms with van der Waals surface area (Å²) in [6.45, 7) is 7.61. The van der Waals surface area contributed by atoms with Gasteiger partial charge in [0.15, 0.2) is 5.76 Å². The number of fused-ring (bicyclic) bond motifs is 1. The van der Waals surface area contributed by atoms with Crippen LogP contribution in [-0.4, -0.2) is 29.9 Å². The zero-order valence-electron chi connectivity index (χ0n) is 14.0. The number of aryl methyl sites for hydroxylation is 2. The molecule has 2 N–H and O–H groups in total. The van der Waals surface area contributed by atoms with Crippen LogP contribution >= 0.6 is 12.4 Å². The fourth-order valence-corrected chi connectivity index (χ4v) is 3.29. The largest absolute Gasteiger partial charge is 0.451 e. The lowest BCUT2D eigenvalue weighted by atomic mass is 9.92. The Kier molecular flexibility index (Phi) is 5.37. The molecule has 126 valence electrons. The minimum atomic E-state index is -0.0335. The SMILES string of the molecule is Cc1cc2cc(C(=O)N3CCC(C)CC3CN)oc2cc1C.Cl. The number of carbonyl (C=O) groups excluding carboxylic acids is 1. The second-order valence-corrected chi connectivity index (χ2v) is 6.60. The lowest BCUT2D eigenvalue weighted by molar-refractivity contribution is 0.0544. The first-order chi connectivity index (χ1) is 10.5. The van der Waals surface area contributed by atoms with E-state index < -0.39 is 0 Å². The monoisotopic (exact) mass is 336 g/mol. The van der Waals surface area contributed by atoms with Crippen LogP contribution in [-0.2, 0) is 0 Å². The van der Waals surface area contributed by atoms with E-state index >= 15 is 0 Å². The number of piperidine rings is 1. The van der Waals surface area contributed by atoms with Crippen LogP contribution in [0, 0.1) is 19.8 Å². The maximum absolute atomic E-state index is 12.8. The predicted molar refractivity (Wildman–Crippen MR) is 95.2 cm³/mol. The fourth-order valence-electron chi connectivity index (χ4n) is 3.29. The minimum absolute atomic E-state index is 0. The minimum Gasteiger partial charge on any atom is -0.451 e. The Morgan fingerprint density at radius 3 is 2.70 bits per heavy atom. The van der Waals surface area contributed by atoms with Crippen molar-refractivity contribution in [3.63, 3.8) is 0 Å². The van der Waals surface area contributed by atoms with Crippen molar-refractivity contribution in [3.05, 3.63) is 35.1 Å². The van der Waals surface area contributed by atoms with Crippen LogP contribution < -0.4 is 5.73 Å². The van der Waals surface area contributed by atoms with Crippen molar-refractivity contribution < 1.29 is 9.21 Å². The Labute approximate surface area is 143 Å². The summed E-state index contributed by atoms with van der Waals surface area (Å²) in [7, 11) is 0. The van der Waals surface area contributed by atoms with Gasteiger partial charge in [-0.3, -0.25) is 4.79 Å². The van der Waals surface area contributed by atoms with E-state index in [1.54, 1.807) is 0 Å². The number of hydrogen-bond donors (Lipinski definition) is 1. The molecule has 0 saturated carbocycles. The molecule has 5 heteroatoms. The second-order valence-electron chi connectivity index (χ2n) is 6.60. The Hall–Kier alpha value is -1.52. The molecule has 0 bridgehead atoms. The maximum Gasteiger partial charge on any atom is 0.289 e. The number of halogens is 1. The van der Waals surface area contributed by atoms with E-state index in [0.717, 1.165) is 30.4 Å². The van der Waals surface area contributed by atoms with Crippen molar-refractivity contribution in [1.82, 2.24) is 4.90 Å². The third-order valence-corrected chi connectivity index (χ3v) is 4.85. The van der Waals surface area contributed by atoms with Gasteiger partial charge in [0, 0.05) is 24.5 Å². The molecule has 2 unspecified atom stereocenters. The van der Waals surface area contributed by atoms with E-state index in [0.29, 0.717) is 18.2 Å². The summed E-state index contributed by atoms with van der Waals surface area (Å²) in [5.74, 6) is 1.01. The highest BCUT2D eigenvalue weighted by atomic mass is 35.5. The molecule has 1 saturated heterocycles. The molecule has 2 aromatic rings. The fraction of sp³-hybridized carbons (Fsp3) is 0.500. The van der Waals surface area contributed by atoms with Gasteiger partial charge in [0.05, 0.1) is 0 Å². The van der Waals surface area contributed by atoms with Gasteiger partial charge in [0.1, 0.15) is 5.58 Å². The molecule has 3 rings (SSSR count). The molecule has 1 fully saturated rings. The quantitative estimate of drug-likeness (QED) is 0.910. The average molecular weight is 337 g/mol. The number of benzene rings is 1. The number of furan rings is 1. The van der Waals surface area contributed by atoms with E-state index in [4.69, 9.17) is 10.2 Å². The summed E-state index contributed by atoms with van der Waals surface area (Å²) in [5.41, 5.74) is 9.02. The standard InChI is InChI=1S/C18H24N2O2.ClH/c1-11-4-5-20(15(6-11)10-19)18(21)17-9-14-7-12(2)13(3)8-16(14)22-17;/h7-9,11,15H,4-6,10,19H2,1-3H3;1H. The Morgan fingerprint density at radius 1 is 1.30 bits per heavy atom. The van der Waals surface area contributed by atoms with Crippen molar-refractivity contribution in [2.75, 3.05) is 13.1 Å². The highest BCUT2D eigenvalue weighted by molar-refractivity contribution is 5.96. The zero-order chi connectivity index (χ0) is 15.9. The van der Waals surface area contributed by atoms with Gasteiger partial charge in [-0.05, 0) is 61.9 Å². The maximum atomic E-state index is 12.8. The molecule has 0 spiro atoms. The van der Waals surface area contributed by atoms with Crippen LogP contribution in [0.1, 0.15) is 41.4 Å². The predicted octanol–water partition coefficient (Wildman–Crippen LogP) is 3.67. The summed E-state index contributed by atoms with van der Waals surface area (Å²) < 4.78 is 5.81. The first kappa shape index (κ1) is 17.8. The molecule has 1 amide bonds. The topological polar surface area (TPSA) is 59.5 Å². The lowest BCUT2D eigenvalue weighted by Crippen LogP contribution is -2.49. The van der Waals surface area contributed by atoms with E-state index in [1.165, 1.54) is 11.1 Å². The van der Waals surface area contributed by atoms with Gasteiger partial charge in [-0.2, -0.15) is 0 Å². The molecular formula is C18H25ClN2O2. The molecule has 1 aliphatic rings. The molecule has 4 nitrogen and oxygen atoms in total. The first-order valence-corrected chi connectivity index (χ1v) is 8.01. The van der Waals surface area contributed by atoms with Gasteiger partial charge < -0.3 is 15.1 Å². The van der Waals surface area contributed by atoms with Crippen molar-refractivity contribution in [2.45, 2.75) is 39.7 Å². The van der Waals surface area contributed by atoms with Crippen LogP contribution in [0.25, 0.3) is 11.0 Å². The summed E-state index contributed by atoms with van der Waals surface area (Å²) in [6.07, 6.45) is 2.00. The summed E-state index contributed by atoms with van der Waals surface area (Å²) in [5, 5.41) is 0.987. The van der Waals surface area contributed by atoms with Crippen molar-refractivity contribution in [3.8, 4) is 0 Å². The number of likely N-dealkylation sites (tertiary alicyclic amines) is 1. The van der Waals surface area contributed by atoms with Crippen LogP contribution in [0.5, 0.6) is 0 Å². The van der Waals surface area contributed by atoms with Crippen LogP contribution in [0.4, 0.5) is 0 Å². The molecule has 2 atom stereocenters. The molecule has 2 heterocycles. The average Bonchev–Trinajstić information content (AvgIpc) is 2.89. The summed E-state index contributed by atoms with van der Waals surface area (Å²) in [4.78, 5) is 14.7. The van der Waals surface area contributed by atoms with Crippen LogP contribution in [0.3, 0.4) is 0 Å². The first-order valence-electron chi connectivity index (χ1n) is 8.01. The Morgan fingerprint density at radius 2 is 2.00 bits per heavy atom. The van der Waals surface area contributed by atoms with E-state index in [9.17, 15) is 4.79 Å². The normalized spacial score (nSPS) is 21.3. The van der Waals surface area contributed by atoms with Gasteiger partial charge >= 0.3 is 0 Å². The number of nitrogens with zero attached hydrogens (tertiary/aromatic N) is 1. The smallest absolute Gasteiger partial charge is 0.289 e. The highest BCUT2D eigenvalue weighted by Crippen LogP contribution is 2.27. The molecular weight excluding hydrogens is 312 g/mol. The number of hydrogen-bond acceptors (Lipinski definition) is 3. The molecule has 1 aromatic heterocycles. The third kappa shape index (κ3) is 3.38. The molecule has 0 radical (unpaired) electrons. The third-order valence-electron chi connectivity index (χ3n) is 4.85. The van der Waals surface area contributed by atoms with Crippen LogP contribution in [0.2, 0.25) is 0 Å². The van der Waals surface area contributed by atoms with Gasteiger partial charge in [-0.15, -0.1) is 12.4 Å². The van der Waals surface area contributed by atoms with Gasteiger partial charge in [-0.1, -0.05) is 6.92 Å². The number of amides is 1.